The second kappa shape index (κ2) is 11.1. The summed E-state index contributed by atoms with van der Waals surface area (Å²) in [4.78, 5) is 35.9. The number of amides is 2. The Hall–Kier alpha value is -1.85. The first-order valence-corrected chi connectivity index (χ1v) is 10.4. The van der Waals surface area contributed by atoms with Gasteiger partial charge < -0.3 is 15.7 Å². The van der Waals surface area contributed by atoms with Crippen LogP contribution in [-0.2, 0) is 14.4 Å². The Balaban J connectivity index is 1.71. The third-order valence-electron chi connectivity index (χ3n) is 5.88. The Bertz CT molecular complexity index is 532. The highest BCUT2D eigenvalue weighted by Crippen LogP contribution is 2.27. The minimum atomic E-state index is -1.01. The van der Waals surface area contributed by atoms with E-state index in [1.807, 2.05) is 6.92 Å². The number of aliphatic carboxylic acids is 1. The van der Waals surface area contributed by atoms with Crippen LogP contribution in [0.1, 0.15) is 77.6 Å². The van der Waals surface area contributed by atoms with Crippen LogP contribution in [0.4, 0.5) is 0 Å². The first-order valence-electron chi connectivity index (χ1n) is 10.4. The van der Waals surface area contributed by atoms with E-state index >= 15 is 0 Å². The number of carbonyl (C=O) groups is 3. The molecule has 6 nitrogen and oxygen atoms in total. The second-order valence-corrected chi connectivity index (χ2v) is 8.03. The zero-order valence-electron chi connectivity index (χ0n) is 16.4. The number of rotatable bonds is 8. The number of hydrogen-bond donors (Lipinski definition) is 3. The minimum Gasteiger partial charge on any atom is -0.480 e. The van der Waals surface area contributed by atoms with E-state index in [0.29, 0.717) is 31.6 Å². The fourth-order valence-corrected chi connectivity index (χ4v) is 4.22. The van der Waals surface area contributed by atoms with Gasteiger partial charge >= 0.3 is 5.97 Å². The lowest BCUT2D eigenvalue weighted by molar-refractivity contribution is -0.142. The van der Waals surface area contributed by atoms with Crippen molar-refractivity contribution in [3.05, 3.63) is 12.2 Å². The van der Waals surface area contributed by atoms with E-state index in [4.69, 9.17) is 0 Å². The fourth-order valence-electron chi connectivity index (χ4n) is 4.22. The van der Waals surface area contributed by atoms with Gasteiger partial charge in [0.15, 0.2) is 0 Å². The van der Waals surface area contributed by atoms with E-state index < -0.39 is 12.0 Å². The Morgan fingerprint density at radius 3 is 2.30 bits per heavy atom. The number of nitrogens with one attached hydrogen (secondary N) is 2. The van der Waals surface area contributed by atoms with Crippen LogP contribution in [0.3, 0.4) is 0 Å². The summed E-state index contributed by atoms with van der Waals surface area (Å²) in [7, 11) is 0. The van der Waals surface area contributed by atoms with Crippen LogP contribution in [0.15, 0.2) is 12.2 Å². The molecule has 0 bridgehead atoms. The highest BCUT2D eigenvalue weighted by atomic mass is 16.4. The number of carbonyl (C=O) groups excluding carboxylic acids is 2. The third kappa shape index (κ3) is 7.35. The zero-order chi connectivity index (χ0) is 19.6. The van der Waals surface area contributed by atoms with Crippen molar-refractivity contribution in [2.75, 3.05) is 0 Å². The molecule has 2 amide bonds. The number of carboxylic acid groups (broad SMARTS) is 1. The Morgan fingerprint density at radius 2 is 1.70 bits per heavy atom. The van der Waals surface area contributed by atoms with Crippen molar-refractivity contribution in [1.29, 1.82) is 0 Å². The maximum Gasteiger partial charge on any atom is 0.326 e. The van der Waals surface area contributed by atoms with E-state index in [2.05, 4.69) is 10.6 Å². The molecule has 2 rings (SSSR count). The molecule has 0 aromatic heterocycles. The molecule has 152 valence electrons. The number of allylic oxidation sites excluding steroid dienone is 1. The Kier molecular flexibility index (Phi) is 8.82. The summed E-state index contributed by atoms with van der Waals surface area (Å²) < 4.78 is 0. The molecule has 2 aliphatic rings. The van der Waals surface area contributed by atoms with Crippen molar-refractivity contribution in [2.24, 2.45) is 11.8 Å². The molecule has 0 spiro atoms. The van der Waals surface area contributed by atoms with Crippen molar-refractivity contribution >= 4 is 17.8 Å². The van der Waals surface area contributed by atoms with Crippen LogP contribution in [0.5, 0.6) is 0 Å². The predicted molar refractivity (Wildman–Crippen MR) is 104 cm³/mol. The summed E-state index contributed by atoms with van der Waals surface area (Å²) in [6.45, 7) is 1.82. The average Bonchev–Trinajstić information content (AvgIpc) is 2.66. The van der Waals surface area contributed by atoms with Crippen LogP contribution in [0.25, 0.3) is 0 Å². The van der Waals surface area contributed by atoms with Crippen LogP contribution in [0, 0.1) is 11.8 Å². The van der Waals surface area contributed by atoms with E-state index in [9.17, 15) is 19.5 Å². The van der Waals surface area contributed by atoms with Gasteiger partial charge in [-0.25, -0.2) is 4.79 Å². The zero-order valence-corrected chi connectivity index (χ0v) is 16.4. The molecule has 0 saturated heterocycles. The standard InChI is InChI=1S/C21H34N2O4/c1-2-3-9-18(21(26)27)23-20(25)16-10-12-17(13-11-16)22-19(24)14-15-7-5-4-6-8-15/h2-3,15-18H,4-14H2,1H3,(H,22,24)(H,23,25)(H,26,27)/b3-2+. The van der Waals surface area contributed by atoms with Gasteiger partial charge in [0.2, 0.25) is 11.8 Å². The molecule has 1 atom stereocenters. The molecule has 6 heteroatoms. The summed E-state index contributed by atoms with van der Waals surface area (Å²) in [5, 5.41) is 15.0. The van der Waals surface area contributed by atoms with Gasteiger partial charge in [0.1, 0.15) is 6.04 Å². The quantitative estimate of drug-likeness (QED) is 0.565. The molecule has 1 unspecified atom stereocenters. The van der Waals surface area contributed by atoms with Gasteiger partial charge in [-0.2, -0.15) is 0 Å². The Labute approximate surface area is 162 Å². The summed E-state index contributed by atoms with van der Waals surface area (Å²) in [5.74, 6) is -0.675. The third-order valence-corrected chi connectivity index (χ3v) is 5.88. The molecule has 3 N–H and O–H groups in total. The maximum atomic E-state index is 12.4. The largest absolute Gasteiger partial charge is 0.480 e. The molecular weight excluding hydrogens is 344 g/mol. The molecule has 0 heterocycles. The monoisotopic (exact) mass is 378 g/mol. The van der Waals surface area contributed by atoms with E-state index in [-0.39, 0.29) is 23.8 Å². The van der Waals surface area contributed by atoms with Gasteiger partial charge in [-0.05, 0) is 57.8 Å². The van der Waals surface area contributed by atoms with Gasteiger partial charge in [0.05, 0.1) is 0 Å². The first-order chi connectivity index (χ1) is 13.0. The molecule has 2 aliphatic carbocycles. The van der Waals surface area contributed by atoms with E-state index in [1.165, 1.54) is 19.3 Å². The van der Waals surface area contributed by atoms with Crippen molar-refractivity contribution < 1.29 is 19.5 Å². The molecule has 0 aliphatic heterocycles. The fraction of sp³-hybridized carbons (Fsp3) is 0.762. The van der Waals surface area contributed by atoms with Gasteiger partial charge in [0.25, 0.3) is 0 Å². The second-order valence-electron chi connectivity index (χ2n) is 8.03. The molecule has 27 heavy (non-hydrogen) atoms. The number of carboxylic acids is 1. The molecule has 2 saturated carbocycles. The molecular formula is C21H34N2O4. The lowest BCUT2D eigenvalue weighted by Crippen LogP contribution is -2.46. The first kappa shape index (κ1) is 21.5. The van der Waals surface area contributed by atoms with E-state index in [1.54, 1.807) is 12.2 Å². The van der Waals surface area contributed by atoms with Gasteiger partial charge in [-0.1, -0.05) is 31.4 Å². The Morgan fingerprint density at radius 1 is 1.04 bits per heavy atom. The van der Waals surface area contributed by atoms with Crippen LogP contribution in [-0.4, -0.2) is 35.0 Å². The maximum absolute atomic E-state index is 12.4. The van der Waals surface area contributed by atoms with Crippen molar-refractivity contribution in [3.8, 4) is 0 Å². The minimum absolute atomic E-state index is 0.142. The SMILES string of the molecule is C/C=C/CC(NC(=O)C1CCC(NC(=O)CC2CCCCC2)CC1)C(=O)O. The summed E-state index contributed by atoms with van der Waals surface area (Å²) in [5.41, 5.74) is 0. The normalized spacial score (nSPS) is 25.1. The summed E-state index contributed by atoms with van der Waals surface area (Å²) >= 11 is 0. The lowest BCUT2D eigenvalue weighted by Gasteiger charge is -2.30. The molecule has 0 aromatic rings. The summed E-state index contributed by atoms with van der Waals surface area (Å²) in [6, 6.07) is -0.731. The van der Waals surface area contributed by atoms with Crippen molar-refractivity contribution in [2.45, 2.75) is 89.6 Å². The average molecular weight is 379 g/mol. The van der Waals surface area contributed by atoms with Crippen LogP contribution < -0.4 is 10.6 Å². The van der Waals surface area contributed by atoms with Gasteiger partial charge in [-0.3, -0.25) is 9.59 Å². The van der Waals surface area contributed by atoms with Crippen molar-refractivity contribution in [1.82, 2.24) is 10.6 Å². The topological polar surface area (TPSA) is 95.5 Å². The van der Waals surface area contributed by atoms with Crippen molar-refractivity contribution in [3.63, 3.8) is 0 Å². The smallest absolute Gasteiger partial charge is 0.326 e. The molecule has 2 fully saturated rings. The van der Waals surface area contributed by atoms with E-state index in [0.717, 1.165) is 25.7 Å². The van der Waals surface area contributed by atoms with Gasteiger partial charge in [0, 0.05) is 18.4 Å². The van der Waals surface area contributed by atoms with Crippen LogP contribution >= 0.6 is 0 Å². The number of hydrogen-bond acceptors (Lipinski definition) is 3. The molecule has 0 radical (unpaired) electrons. The highest BCUT2D eigenvalue weighted by Gasteiger charge is 2.30. The lowest BCUT2D eigenvalue weighted by atomic mass is 9.84. The summed E-state index contributed by atoms with van der Waals surface area (Å²) in [6.07, 6.45) is 13.5. The molecule has 0 aromatic carbocycles. The van der Waals surface area contributed by atoms with Crippen LogP contribution in [0.2, 0.25) is 0 Å². The predicted octanol–water partition coefficient (Wildman–Crippen LogP) is 3.17. The van der Waals surface area contributed by atoms with Gasteiger partial charge in [-0.15, -0.1) is 0 Å². The highest BCUT2D eigenvalue weighted by molar-refractivity contribution is 5.85.